The van der Waals surface area contributed by atoms with Crippen LogP contribution >= 0.6 is 0 Å². The largest absolute Gasteiger partial charge is 0.416 e. The fourth-order valence-electron chi connectivity index (χ4n) is 4.75. The molecule has 0 saturated carbocycles. The van der Waals surface area contributed by atoms with E-state index in [9.17, 15) is 18.0 Å². The van der Waals surface area contributed by atoms with Gasteiger partial charge in [-0.1, -0.05) is 36.4 Å². The van der Waals surface area contributed by atoms with E-state index >= 15 is 0 Å². The number of rotatable bonds is 6. The zero-order chi connectivity index (χ0) is 28.3. The summed E-state index contributed by atoms with van der Waals surface area (Å²) < 4.78 is 43.3. The second-order valence-electron chi connectivity index (χ2n) is 9.89. The van der Waals surface area contributed by atoms with Gasteiger partial charge in [0.15, 0.2) is 5.82 Å². The highest BCUT2D eigenvalue weighted by atomic mass is 19.4. The lowest BCUT2D eigenvalue weighted by molar-refractivity contribution is -0.138. The molecule has 2 aromatic heterocycles. The Balaban J connectivity index is 1.26. The van der Waals surface area contributed by atoms with Crippen molar-refractivity contribution in [2.45, 2.75) is 12.7 Å². The molecule has 3 heterocycles. The molecule has 2 aromatic carbocycles. The van der Waals surface area contributed by atoms with Crippen LogP contribution in [0.15, 0.2) is 73.1 Å². The van der Waals surface area contributed by atoms with Crippen molar-refractivity contribution >= 4 is 17.5 Å². The third-order valence-electron chi connectivity index (χ3n) is 6.96. The van der Waals surface area contributed by atoms with E-state index in [-0.39, 0.29) is 23.6 Å². The van der Waals surface area contributed by atoms with Gasteiger partial charge in [0.2, 0.25) is 0 Å². The van der Waals surface area contributed by atoms with Crippen LogP contribution in [0.25, 0.3) is 22.4 Å². The van der Waals surface area contributed by atoms with Gasteiger partial charge in [0, 0.05) is 63.9 Å². The molecule has 0 aliphatic carbocycles. The van der Waals surface area contributed by atoms with Crippen molar-refractivity contribution < 1.29 is 18.0 Å². The average molecular weight is 550 g/mol. The van der Waals surface area contributed by atoms with E-state index in [2.05, 4.69) is 25.6 Å². The van der Waals surface area contributed by atoms with Crippen LogP contribution in [0.5, 0.6) is 0 Å². The molecule has 2 N–H and O–H groups in total. The van der Waals surface area contributed by atoms with Crippen LogP contribution in [0.4, 0.5) is 29.5 Å². The Morgan fingerprint density at radius 3 is 2.30 bits per heavy atom. The Morgan fingerprint density at radius 2 is 1.62 bits per heavy atom. The number of nitrogens with zero attached hydrogens (tertiary/aromatic N) is 5. The van der Waals surface area contributed by atoms with E-state index in [1.807, 2.05) is 48.3 Å². The number of hydrogen-bond donors (Lipinski definition) is 2. The number of alkyl halides is 3. The maximum Gasteiger partial charge on any atom is 0.416 e. The van der Waals surface area contributed by atoms with Crippen LogP contribution in [-0.4, -0.2) is 63.8 Å². The Bertz CT molecular complexity index is 1460. The van der Waals surface area contributed by atoms with Crippen molar-refractivity contribution in [3.05, 3.63) is 84.2 Å². The SMILES string of the molecule is CN1CCN(Cc2ccc(NC(=O)Nc3cc(-c4ccc(-c5cccnc5)cc4)n(C)n3)cc2C(F)(F)F)CC1. The first-order valence-electron chi connectivity index (χ1n) is 12.9. The molecule has 4 aromatic rings. The van der Waals surface area contributed by atoms with Crippen molar-refractivity contribution in [3.8, 4) is 22.4 Å². The predicted octanol–water partition coefficient (Wildman–Crippen LogP) is 5.56. The number of pyridine rings is 1. The van der Waals surface area contributed by atoms with Gasteiger partial charge in [0.1, 0.15) is 0 Å². The van der Waals surface area contributed by atoms with E-state index in [1.54, 1.807) is 30.2 Å². The fraction of sp³-hybridized carbons (Fsp3) is 0.276. The van der Waals surface area contributed by atoms with Gasteiger partial charge in [-0.15, -0.1) is 0 Å². The first-order valence-corrected chi connectivity index (χ1v) is 12.9. The number of nitrogens with one attached hydrogen (secondary N) is 2. The molecule has 0 unspecified atom stereocenters. The third-order valence-corrected chi connectivity index (χ3v) is 6.96. The monoisotopic (exact) mass is 549 g/mol. The number of hydrogen-bond acceptors (Lipinski definition) is 5. The molecule has 8 nitrogen and oxygen atoms in total. The van der Waals surface area contributed by atoms with Crippen LogP contribution in [-0.2, 0) is 19.8 Å². The molecule has 1 aliphatic rings. The number of amides is 2. The fourth-order valence-corrected chi connectivity index (χ4v) is 4.75. The highest BCUT2D eigenvalue weighted by Gasteiger charge is 2.34. The van der Waals surface area contributed by atoms with E-state index in [4.69, 9.17) is 0 Å². The van der Waals surface area contributed by atoms with E-state index in [0.717, 1.165) is 41.5 Å². The number of aryl methyl sites for hydroxylation is 1. The lowest BCUT2D eigenvalue weighted by atomic mass is 10.0. The summed E-state index contributed by atoms with van der Waals surface area (Å²) in [4.78, 5) is 21.0. The first kappa shape index (κ1) is 27.4. The molecule has 208 valence electrons. The predicted molar refractivity (Wildman–Crippen MR) is 149 cm³/mol. The zero-order valence-corrected chi connectivity index (χ0v) is 22.2. The van der Waals surface area contributed by atoms with Gasteiger partial charge in [-0.3, -0.25) is 19.9 Å². The van der Waals surface area contributed by atoms with Crippen molar-refractivity contribution in [2.75, 3.05) is 43.9 Å². The summed E-state index contributed by atoms with van der Waals surface area (Å²) in [5, 5.41) is 9.46. The third kappa shape index (κ3) is 6.49. The number of piperazine rings is 1. The quantitative estimate of drug-likeness (QED) is 0.329. The van der Waals surface area contributed by atoms with Gasteiger partial charge < -0.3 is 10.2 Å². The molecule has 5 rings (SSSR count). The van der Waals surface area contributed by atoms with Crippen LogP contribution in [0.3, 0.4) is 0 Å². The Labute approximate surface area is 230 Å². The summed E-state index contributed by atoms with van der Waals surface area (Å²) in [6.07, 6.45) is -1.03. The maximum absolute atomic E-state index is 13.9. The molecule has 0 spiro atoms. The van der Waals surface area contributed by atoms with Gasteiger partial charge in [-0.2, -0.15) is 18.3 Å². The molecule has 1 fully saturated rings. The minimum Gasteiger partial charge on any atom is -0.308 e. The molecular weight excluding hydrogens is 519 g/mol. The van der Waals surface area contributed by atoms with Gasteiger partial charge in [-0.25, -0.2) is 4.79 Å². The Kier molecular flexibility index (Phi) is 7.85. The normalized spacial score (nSPS) is 14.7. The highest BCUT2D eigenvalue weighted by molar-refractivity contribution is 5.99. The van der Waals surface area contributed by atoms with Gasteiger partial charge in [-0.05, 0) is 47.5 Å². The smallest absolute Gasteiger partial charge is 0.308 e. The molecule has 1 saturated heterocycles. The second kappa shape index (κ2) is 11.5. The Morgan fingerprint density at radius 1 is 0.900 bits per heavy atom. The molecule has 1 aliphatic heterocycles. The zero-order valence-electron chi connectivity index (χ0n) is 22.2. The molecule has 40 heavy (non-hydrogen) atoms. The van der Waals surface area contributed by atoms with E-state index < -0.39 is 17.8 Å². The summed E-state index contributed by atoms with van der Waals surface area (Å²) >= 11 is 0. The first-order chi connectivity index (χ1) is 19.2. The average Bonchev–Trinajstić information content (AvgIpc) is 3.30. The number of carbonyl (C=O) groups excluding carboxylic acids is 1. The standard InChI is InChI=1S/C29H30F3N7O/c1-37-12-14-39(15-13-37)19-23-9-10-24(16-25(23)29(30,31)32)34-28(40)35-27-17-26(38(2)36-27)21-7-5-20(6-8-21)22-4-3-11-33-18-22/h3-11,16-18H,12-15,19H2,1-2H3,(H2,34,35,36,40). The van der Waals surface area contributed by atoms with Crippen LogP contribution in [0, 0.1) is 0 Å². The Hall–Kier alpha value is -4.22. The summed E-state index contributed by atoms with van der Waals surface area (Å²) in [5.41, 5.74) is 3.16. The van der Waals surface area contributed by atoms with Crippen LogP contribution in [0.2, 0.25) is 0 Å². The van der Waals surface area contributed by atoms with Crippen molar-refractivity contribution in [1.29, 1.82) is 0 Å². The van der Waals surface area contributed by atoms with E-state index in [1.165, 1.54) is 12.1 Å². The number of benzene rings is 2. The molecule has 0 radical (unpaired) electrons. The lowest BCUT2D eigenvalue weighted by Crippen LogP contribution is -2.44. The highest BCUT2D eigenvalue weighted by Crippen LogP contribution is 2.35. The maximum atomic E-state index is 13.9. The second-order valence-corrected chi connectivity index (χ2v) is 9.89. The summed E-state index contributed by atoms with van der Waals surface area (Å²) in [6.45, 7) is 3.24. The lowest BCUT2D eigenvalue weighted by Gasteiger charge is -2.33. The number of likely N-dealkylation sites (N-methyl/N-ethyl adjacent to an activating group) is 1. The van der Waals surface area contributed by atoms with Crippen molar-refractivity contribution in [2.24, 2.45) is 7.05 Å². The molecule has 0 atom stereocenters. The van der Waals surface area contributed by atoms with E-state index in [0.29, 0.717) is 13.1 Å². The number of aromatic nitrogens is 3. The van der Waals surface area contributed by atoms with Gasteiger partial charge >= 0.3 is 12.2 Å². The minimum atomic E-state index is -4.54. The van der Waals surface area contributed by atoms with Gasteiger partial charge in [0.05, 0.1) is 11.3 Å². The molecule has 0 bridgehead atoms. The van der Waals surface area contributed by atoms with Crippen molar-refractivity contribution in [1.82, 2.24) is 24.6 Å². The number of urea groups is 1. The van der Waals surface area contributed by atoms with Gasteiger partial charge in [0.25, 0.3) is 0 Å². The van der Waals surface area contributed by atoms with Crippen LogP contribution in [0.1, 0.15) is 11.1 Å². The number of anilines is 2. The molecule has 11 heteroatoms. The van der Waals surface area contributed by atoms with Crippen molar-refractivity contribution in [3.63, 3.8) is 0 Å². The number of halogens is 3. The number of carbonyl (C=O) groups is 1. The summed E-state index contributed by atoms with van der Waals surface area (Å²) in [7, 11) is 3.75. The van der Waals surface area contributed by atoms with Crippen LogP contribution < -0.4 is 10.6 Å². The minimum absolute atomic E-state index is 0.0501. The molecular formula is C29H30F3N7O. The summed E-state index contributed by atoms with van der Waals surface area (Å²) in [5.74, 6) is 0.272. The summed E-state index contributed by atoms with van der Waals surface area (Å²) in [6, 6.07) is 16.6. The molecule has 2 amide bonds. The topological polar surface area (TPSA) is 78.3 Å².